The summed E-state index contributed by atoms with van der Waals surface area (Å²) in [6.45, 7) is 4.26. The average Bonchev–Trinajstić information content (AvgIpc) is 2.93. The van der Waals surface area contributed by atoms with Crippen LogP contribution in [0.3, 0.4) is 0 Å². The van der Waals surface area contributed by atoms with Gasteiger partial charge in [-0.3, -0.25) is 10.9 Å². The van der Waals surface area contributed by atoms with Gasteiger partial charge in [0.15, 0.2) is 0 Å². The van der Waals surface area contributed by atoms with Gasteiger partial charge in [-0.15, -0.1) is 0 Å². The van der Waals surface area contributed by atoms with Gasteiger partial charge >= 0.3 is 0 Å². The van der Waals surface area contributed by atoms with Crippen molar-refractivity contribution in [2.24, 2.45) is 11.7 Å². The largest absolute Gasteiger partial charge is 0.368 e. The monoisotopic (exact) mass is 317 g/mol. The molecule has 3 fully saturated rings. The Morgan fingerprint density at radius 1 is 1.30 bits per heavy atom. The van der Waals surface area contributed by atoms with E-state index in [0.29, 0.717) is 35.9 Å². The molecule has 0 aromatic carbocycles. The van der Waals surface area contributed by atoms with Crippen LogP contribution in [0.1, 0.15) is 44.2 Å². The van der Waals surface area contributed by atoms with Crippen molar-refractivity contribution in [2.45, 2.75) is 56.7 Å². The molecular weight excluding hydrogens is 290 g/mol. The van der Waals surface area contributed by atoms with E-state index in [9.17, 15) is 0 Å². The van der Waals surface area contributed by atoms with E-state index >= 15 is 0 Å². The second-order valence-electron chi connectivity index (χ2n) is 7.25. The Morgan fingerprint density at radius 2 is 2.13 bits per heavy atom. The summed E-state index contributed by atoms with van der Waals surface area (Å²) in [6, 6.07) is 3.55. The van der Waals surface area contributed by atoms with E-state index in [2.05, 4.69) is 38.7 Å². The van der Waals surface area contributed by atoms with E-state index in [0.717, 1.165) is 50.3 Å². The molecule has 0 spiro atoms. The standard InChI is InChI=1S/C16H27N7/c1-2-12-11-8-23(4-3-13(11)22-21-12)15-7-14(19-16(18)20-15)9-5-10(17)6-9/h7,9-13,21-22H,2-6,8,17H2,1H3,(H2,18,19,20). The number of nitrogens with one attached hydrogen (secondary N) is 2. The number of piperidine rings is 1. The van der Waals surface area contributed by atoms with Gasteiger partial charge < -0.3 is 16.4 Å². The van der Waals surface area contributed by atoms with Crippen LogP contribution in [0.2, 0.25) is 0 Å². The van der Waals surface area contributed by atoms with Crippen LogP contribution in [0.4, 0.5) is 11.8 Å². The molecule has 0 bridgehead atoms. The van der Waals surface area contributed by atoms with Crippen molar-refractivity contribution in [1.29, 1.82) is 0 Å². The molecule has 7 nitrogen and oxygen atoms in total. The molecule has 2 aliphatic heterocycles. The number of anilines is 2. The van der Waals surface area contributed by atoms with E-state index in [4.69, 9.17) is 11.5 Å². The van der Waals surface area contributed by atoms with Crippen molar-refractivity contribution in [3.63, 3.8) is 0 Å². The van der Waals surface area contributed by atoms with Crippen molar-refractivity contribution >= 4 is 11.8 Å². The number of hydrogen-bond donors (Lipinski definition) is 4. The zero-order valence-corrected chi connectivity index (χ0v) is 13.7. The first-order valence-electron chi connectivity index (χ1n) is 8.80. The minimum absolute atomic E-state index is 0.316. The lowest BCUT2D eigenvalue weighted by Crippen LogP contribution is -2.46. The molecule has 1 saturated carbocycles. The van der Waals surface area contributed by atoms with Crippen LogP contribution in [0.15, 0.2) is 6.07 Å². The highest BCUT2D eigenvalue weighted by Gasteiger charge is 2.39. The summed E-state index contributed by atoms with van der Waals surface area (Å²) in [7, 11) is 0. The quantitative estimate of drug-likeness (QED) is 0.637. The minimum atomic E-state index is 0.316. The highest BCUT2D eigenvalue weighted by Crippen LogP contribution is 2.36. The molecule has 1 aromatic heterocycles. The van der Waals surface area contributed by atoms with E-state index in [1.165, 1.54) is 0 Å². The van der Waals surface area contributed by atoms with Crippen molar-refractivity contribution in [2.75, 3.05) is 23.7 Å². The zero-order chi connectivity index (χ0) is 16.0. The lowest BCUT2D eigenvalue weighted by Gasteiger charge is -2.37. The molecule has 126 valence electrons. The maximum Gasteiger partial charge on any atom is 0.222 e. The number of nitrogens with zero attached hydrogens (tertiary/aromatic N) is 3. The molecule has 1 aromatic rings. The predicted molar refractivity (Wildman–Crippen MR) is 90.9 cm³/mol. The van der Waals surface area contributed by atoms with Crippen molar-refractivity contribution in [3.8, 4) is 0 Å². The summed E-state index contributed by atoms with van der Waals surface area (Å²) in [4.78, 5) is 11.3. The molecule has 0 radical (unpaired) electrons. The zero-order valence-electron chi connectivity index (χ0n) is 13.7. The lowest BCUT2D eigenvalue weighted by molar-refractivity contribution is 0.342. The fourth-order valence-corrected chi connectivity index (χ4v) is 4.25. The van der Waals surface area contributed by atoms with Gasteiger partial charge in [0, 0.05) is 49.1 Å². The number of fused-ring (bicyclic) bond motifs is 1. The summed E-state index contributed by atoms with van der Waals surface area (Å²) in [5.74, 6) is 2.43. The molecule has 1 aliphatic carbocycles. The normalized spacial score (nSPS) is 36.6. The molecule has 7 heteroatoms. The SMILES string of the molecule is CCC1NNC2CCN(c3cc(C4CC(N)C4)nc(N)n3)CC12. The molecular formula is C16H27N7. The lowest BCUT2D eigenvalue weighted by atomic mass is 9.78. The summed E-state index contributed by atoms with van der Waals surface area (Å²) in [6.07, 6.45) is 4.28. The topological polar surface area (TPSA) is 105 Å². The van der Waals surface area contributed by atoms with Crippen molar-refractivity contribution in [1.82, 2.24) is 20.8 Å². The van der Waals surface area contributed by atoms with Gasteiger partial charge in [0.05, 0.1) is 5.69 Å². The second-order valence-corrected chi connectivity index (χ2v) is 7.25. The third kappa shape index (κ3) is 2.77. The van der Waals surface area contributed by atoms with Gasteiger partial charge in [0.1, 0.15) is 5.82 Å². The van der Waals surface area contributed by atoms with Gasteiger partial charge in [-0.05, 0) is 25.7 Å². The van der Waals surface area contributed by atoms with Crippen LogP contribution in [0, 0.1) is 5.92 Å². The van der Waals surface area contributed by atoms with E-state index in [1.807, 2.05) is 0 Å². The molecule has 4 rings (SSSR count). The molecule has 0 amide bonds. The molecule has 3 heterocycles. The molecule has 2 saturated heterocycles. The molecule has 3 aliphatic rings. The Labute approximate surface area is 137 Å². The third-order valence-electron chi connectivity index (χ3n) is 5.74. The number of rotatable bonds is 3. The summed E-state index contributed by atoms with van der Waals surface area (Å²) < 4.78 is 0. The van der Waals surface area contributed by atoms with Gasteiger partial charge in [0.25, 0.3) is 0 Å². The Balaban J connectivity index is 1.53. The fraction of sp³-hybridized carbons (Fsp3) is 0.750. The number of aromatic nitrogens is 2. The van der Waals surface area contributed by atoms with E-state index < -0.39 is 0 Å². The van der Waals surface area contributed by atoms with Crippen molar-refractivity contribution < 1.29 is 0 Å². The van der Waals surface area contributed by atoms with Gasteiger partial charge in [-0.2, -0.15) is 4.98 Å². The summed E-state index contributed by atoms with van der Waals surface area (Å²) in [5, 5.41) is 0. The summed E-state index contributed by atoms with van der Waals surface area (Å²) >= 11 is 0. The van der Waals surface area contributed by atoms with Crippen LogP contribution >= 0.6 is 0 Å². The van der Waals surface area contributed by atoms with Crippen LogP contribution in [-0.4, -0.2) is 41.2 Å². The first kappa shape index (κ1) is 15.1. The predicted octanol–water partition coefficient (Wildman–Crippen LogP) is 0.345. The average molecular weight is 317 g/mol. The molecule has 3 atom stereocenters. The number of hydrogen-bond acceptors (Lipinski definition) is 7. The highest BCUT2D eigenvalue weighted by atomic mass is 15.4. The highest BCUT2D eigenvalue weighted by molar-refractivity contribution is 5.45. The van der Waals surface area contributed by atoms with E-state index in [1.54, 1.807) is 0 Å². The minimum Gasteiger partial charge on any atom is -0.368 e. The Morgan fingerprint density at radius 3 is 2.87 bits per heavy atom. The number of nitrogens with two attached hydrogens (primary N) is 2. The molecule has 6 N–H and O–H groups in total. The third-order valence-corrected chi connectivity index (χ3v) is 5.74. The number of hydrazine groups is 1. The first-order chi connectivity index (χ1) is 11.1. The smallest absolute Gasteiger partial charge is 0.222 e. The number of nitrogen functional groups attached to an aromatic ring is 1. The van der Waals surface area contributed by atoms with Gasteiger partial charge in [-0.25, -0.2) is 4.98 Å². The Hall–Kier alpha value is -1.44. The van der Waals surface area contributed by atoms with Crippen LogP contribution in [0.25, 0.3) is 0 Å². The first-order valence-corrected chi connectivity index (χ1v) is 8.80. The van der Waals surface area contributed by atoms with Crippen LogP contribution in [0.5, 0.6) is 0 Å². The fourth-order valence-electron chi connectivity index (χ4n) is 4.25. The maximum atomic E-state index is 5.97. The van der Waals surface area contributed by atoms with Gasteiger partial charge in [0.2, 0.25) is 5.95 Å². The van der Waals surface area contributed by atoms with Crippen molar-refractivity contribution in [3.05, 3.63) is 11.8 Å². The molecule has 23 heavy (non-hydrogen) atoms. The Bertz CT molecular complexity index is 566. The molecule has 3 unspecified atom stereocenters. The van der Waals surface area contributed by atoms with Crippen LogP contribution in [-0.2, 0) is 0 Å². The Kier molecular flexibility index (Phi) is 3.87. The maximum absolute atomic E-state index is 5.97. The summed E-state index contributed by atoms with van der Waals surface area (Å²) in [5.41, 5.74) is 19.8. The van der Waals surface area contributed by atoms with Crippen LogP contribution < -0.4 is 27.2 Å². The van der Waals surface area contributed by atoms with Gasteiger partial charge in [-0.1, -0.05) is 6.92 Å². The van der Waals surface area contributed by atoms with E-state index in [-0.39, 0.29) is 0 Å². The second kappa shape index (κ2) is 5.89.